The molecule has 148 valence electrons. The van der Waals surface area contributed by atoms with Crippen molar-refractivity contribution in [3.8, 4) is 28.8 Å². The molecule has 0 atom stereocenters. The Morgan fingerprint density at radius 2 is 2.07 bits per heavy atom. The van der Waals surface area contributed by atoms with Crippen molar-refractivity contribution in [2.75, 3.05) is 13.4 Å². The topological polar surface area (TPSA) is 88.0 Å². The Kier molecular flexibility index (Phi) is 6.85. The largest absolute Gasteiger partial charge is 0.493 e. The highest BCUT2D eigenvalue weighted by Crippen LogP contribution is 2.39. The average molecular weight is 493 g/mol. The van der Waals surface area contributed by atoms with E-state index in [1.54, 1.807) is 24.5 Å². The van der Waals surface area contributed by atoms with Crippen LogP contribution in [0.2, 0.25) is 5.02 Å². The lowest BCUT2D eigenvalue weighted by Crippen LogP contribution is -2.14. The summed E-state index contributed by atoms with van der Waals surface area (Å²) in [7, 11) is 1.51. The molecule has 0 saturated carbocycles. The molecule has 0 aliphatic heterocycles. The number of aromatic nitrogens is 2. The van der Waals surface area contributed by atoms with Gasteiger partial charge in [-0.05, 0) is 40.4 Å². The van der Waals surface area contributed by atoms with Gasteiger partial charge in [-0.25, -0.2) is 4.98 Å². The number of benzene rings is 2. The van der Waals surface area contributed by atoms with E-state index in [1.807, 2.05) is 24.3 Å². The van der Waals surface area contributed by atoms with E-state index in [-0.39, 0.29) is 17.9 Å². The minimum atomic E-state index is -0.494. The second-order valence-corrected chi connectivity index (χ2v) is 7.83. The molecule has 0 fully saturated rings. The summed E-state index contributed by atoms with van der Waals surface area (Å²) < 4.78 is 12.0. The van der Waals surface area contributed by atoms with Crippen LogP contribution in [0.1, 0.15) is 11.1 Å². The zero-order chi connectivity index (χ0) is 21.0. The molecule has 9 heteroatoms. The molecule has 3 aromatic rings. The van der Waals surface area contributed by atoms with E-state index >= 15 is 0 Å². The van der Waals surface area contributed by atoms with E-state index in [1.165, 1.54) is 18.9 Å². The lowest BCUT2D eigenvalue weighted by Gasteiger charge is -2.15. The number of nitriles is 1. The van der Waals surface area contributed by atoms with Gasteiger partial charge < -0.3 is 14.5 Å². The highest BCUT2D eigenvalue weighted by molar-refractivity contribution is 9.10. The minimum Gasteiger partial charge on any atom is -0.493 e. The Balaban J connectivity index is 2.04. The average Bonchev–Trinajstić information content (AvgIpc) is 2.72. The Bertz CT molecular complexity index is 1160. The van der Waals surface area contributed by atoms with Crippen molar-refractivity contribution in [2.24, 2.45) is 0 Å². The number of nitrogens with zero attached hydrogens (tertiary/aromatic N) is 2. The van der Waals surface area contributed by atoms with Crippen molar-refractivity contribution in [1.29, 1.82) is 5.26 Å². The van der Waals surface area contributed by atoms with E-state index in [0.29, 0.717) is 31.7 Å². The number of methoxy groups -OCH3 is 1. The molecular weight excluding hydrogens is 478 g/mol. The number of H-pyrrole nitrogens is 1. The molecule has 0 aliphatic rings. The van der Waals surface area contributed by atoms with Crippen LogP contribution < -0.4 is 15.0 Å². The summed E-state index contributed by atoms with van der Waals surface area (Å²) in [6.45, 7) is 0.255. The van der Waals surface area contributed by atoms with Crippen molar-refractivity contribution >= 4 is 39.3 Å². The molecule has 6 nitrogen and oxygen atoms in total. The highest BCUT2D eigenvalue weighted by Gasteiger charge is 2.19. The van der Waals surface area contributed by atoms with Crippen molar-refractivity contribution in [3.63, 3.8) is 0 Å². The molecule has 1 aromatic heterocycles. The van der Waals surface area contributed by atoms with Crippen LogP contribution in [-0.2, 0) is 6.61 Å². The molecule has 0 aliphatic carbocycles. The van der Waals surface area contributed by atoms with Crippen molar-refractivity contribution in [3.05, 3.63) is 67.4 Å². The number of rotatable bonds is 6. The molecule has 0 spiro atoms. The number of thioether (sulfide) groups is 1. The first-order valence-electron chi connectivity index (χ1n) is 8.31. The van der Waals surface area contributed by atoms with Gasteiger partial charge in [-0.1, -0.05) is 41.6 Å². The lowest BCUT2D eigenvalue weighted by molar-refractivity contribution is 0.284. The Hall–Kier alpha value is -2.47. The van der Waals surface area contributed by atoms with Crippen LogP contribution in [0.25, 0.3) is 11.3 Å². The number of hydrogen-bond donors (Lipinski definition) is 1. The second-order valence-electron chi connectivity index (χ2n) is 5.77. The van der Waals surface area contributed by atoms with Crippen LogP contribution >= 0.6 is 39.3 Å². The summed E-state index contributed by atoms with van der Waals surface area (Å²) in [6.07, 6.45) is 1.79. The van der Waals surface area contributed by atoms with Gasteiger partial charge in [0.1, 0.15) is 18.2 Å². The summed E-state index contributed by atoms with van der Waals surface area (Å²) in [5.41, 5.74) is 1.08. The van der Waals surface area contributed by atoms with Crippen molar-refractivity contribution < 1.29 is 9.47 Å². The van der Waals surface area contributed by atoms with Gasteiger partial charge in [0, 0.05) is 20.6 Å². The maximum atomic E-state index is 12.2. The summed E-state index contributed by atoms with van der Waals surface area (Å²) in [6, 6.07) is 12.7. The zero-order valence-electron chi connectivity index (χ0n) is 15.5. The molecule has 0 radical (unpaired) electrons. The summed E-state index contributed by atoms with van der Waals surface area (Å²) >= 11 is 11.0. The molecule has 3 rings (SSSR count). The highest BCUT2D eigenvalue weighted by atomic mass is 79.9. The molecule has 29 heavy (non-hydrogen) atoms. The molecule has 0 unspecified atom stereocenters. The predicted octanol–water partition coefficient (Wildman–Crippen LogP) is 5.03. The van der Waals surface area contributed by atoms with Crippen LogP contribution in [0.4, 0.5) is 0 Å². The number of nitrogens with one attached hydrogen (secondary N) is 1. The fourth-order valence-electron chi connectivity index (χ4n) is 2.61. The van der Waals surface area contributed by atoms with Crippen LogP contribution in [-0.4, -0.2) is 23.3 Å². The molecule has 1 N–H and O–H groups in total. The minimum absolute atomic E-state index is 0.0738. The second kappa shape index (κ2) is 9.35. The van der Waals surface area contributed by atoms with E-state index < -0.39 is 5.56 Å². The van der Waals surface area contributed by atoms with E-state index in [0.717, 1.165) is 5.56 Å². The smallest absolute Gasteiger partial charge is 0.270 e. The fraction of sp³-hybridized carbons (Fsp3) is 0.150. The van der Waals surface area contributed by atoms with Gasteiger partial charge in [0.15, 0.2) is 16.7 Å². The SMILES string of the molecule is COc1cc(-c2nc(SC)[nH]c(=O)c2C#N)c(Br)cc1OCc1ccccc1Cl. The first-order valence-corrected chi connectivity index (χ1v) is 10.7. The van der Waals surface area contributed by atoms with Gasteiger partial charge in [0.05, 0.1) is 12.8 Å². The van der Waals surface area contributed by atoms with Gasteiger partial charge in [-0.15, -0.1) is 0 Å². The predicted molar refractivity (Wildman–Crippen MR) is 117 cm³/mol. The van der Waals surface area contributed by atoms with Gasteiger partial charge in [-0.3, -0.25) is 4.79 Å². The fourth-order valence-corrected chi connectivity index (χ4v) is 3.69. The third kappa shape index (κ3) is 4.58. The van der Waals surface area contributed by atoms with E-state index in [4.69, 9.17) is 21.1 Å². The zero-order valence-corrected chi connectivity index (χ0v) is 18.6. The Morgan fingerprint density at radius 3 is 2.72 bits per heavy atom. The van der Waals surface area contributed by atoms with Crippen molar-refractivity contribution in [1.82, 2.24) is 9.97 Å². The monoisotopic (exact) mass is 491 g/mol. The molecule has 0 amide bonds. The van der Waals surface area contributed by atoms with E-state index in [2.05, 4.69) is 25.9 Å². The summed E-state index contributed by atoms with van der Waals surface area (Å²) in [4.78, 5) is 19.2. The summed E-state index contributed by atoms with van der Waals surface area (Å²) in [5, 5.41) is 10.5. The number of aromatic amines is 1. The number of hydrogen-bond acceptors (Lipinski definition) is 6. The van der Waals surface area contributed by atoms with Crippen molar-refractivity contribution in [2.45, 2.75) is 11.8 Å². The van der Waals surface area contributed by atoms with Crippen LogP contribution in [0, 0.1) is 11.3 Å². The van der Waals surface area contributed by atoms with E-state index in [9.17, 15) is 10.1 Å². The number of halogens is 2. The van der Waals surface area contributed by atoms with Crippen LogP contribution in [0.3, 0.4) is 0 Å². The quantitative estimate of drug-likeness (QED) is 0.383. The Morgan fingerprint density at radius 1 is 1.31 bits per heavy atom. The maximum absolute atomic E-state index is 12.2. The van der Waals surface area contributed by atoms with Gasteiger partial charge in [-0.2, -0.15) is 5.26 Å². The molecule has 1 heterocycles. The summed E-state index contributed by atoms with van der Waals surface area (Å²) in [5.74, 6) is 0.920. The Labute approximate surface area is 185 Å². The lowest BCUT2D eigenvalue weighted by atomic mass is 10.1. The molecular formula is C20H15BrClN3O3S. The standard InChI is InChI=1S/C20H15BrClN3O3S/c1-27-16-7-12(18-13(9-23)19(26)25-20(24-18)29-2)14(21)8-17(16)28-10-11-5-3-4-6-15(11)22/h3-8H,10H2,1-2H3,(H,24,25,26). The first-order chi connectivity index (χ1) is 14.0. The molecule has 0 saturated heterocycles. The third-order valence-corrected chi connectivity index (χ3v) is 5.66. The van der Waals surface area contributed by atoms with Crippen LogP contribution in [0.15, 0.2) is 50.8 Å². The normalized spacial score (nSPS) is 10.4. The third-order valence-electron chi connectivity index (χ3n) is 4.05. The molecule has 0 bridgehead atoms. The maximum Gasteiger partial charge on any atom is 0.270 e. The van der Waals surface area contributed by atoms with Gasteiger partial charge in [0.25, 0.3) is 5.56 Å². The number of ether oxygens (including phenoxy) is 2. The first kappa shape index (κ1) is 21.2. The van der Waals surface area contributed by atoms with Gasteiger partial charge >= 0.3 is 0 Å². The van der Waals surface area contributed by atoms with Gasteiger partial charge in [0.2, 0.25) is 0 Å². The molecule has 2 aromatic carbocycles. The van der Waals surface area contributed by atoms with Crippen LogP contribution in [0.5, 0.6) is 11.5 Å².